The number of hydrogen-bond donors (Lipinski definition) is 0. The molecule has 54 valence electrons. The van der Waals surface area contributed by atoms with Gasteiger partial charge in [0.2, 0.25) is 6.86 Å². The molecule has 10 heavy (non-hydrogen) atoms. The Bertz CT molecular complexity index is 183. The number of carbonyl (C=O) groups is 2. The van der Waals surface area contributed by atoms with Crippen LogP contribution < -0.4 is 0 Å². The van der Waals surface area contributed by atoms with E-state index in [-0.39, 0.29) is 0 Å². The summed E-state index contributed by atoms with van der Waals surface area (Å²) in [5.41, 5.74) is 0. The third-order valence-electron chi connectivity index (χ3n) is 0.947. The van der Waals surface area contributed by atoms with Crippen molar-refractivity contribution in [3.8, 4) is 0 Å². The van der Waals surface area contributed by atoms with E-state index in [0.717, 1.165) is 12.2 Å². The van der Waals surface area contributed by atoms with Gasteiger partial charge in [0.1, 0.15) is 0 Å². The summed E-state index contributed by atoms with van der Waals surface area (Å²) in [6.45, 7) is -1.18. The fraction of sp³-hybridized carbons (Fsp3) is 0.200. The molecule has 0 spiro atoms. The third kappa shape index (κ3) is 1.03. The van der Waals surface area contributed by atoms with Crippen molar-refractivity contribution in [2.24, 2.45) is 0 Å². The van der Waals surface area contributed by atoms with Gasteiger partial charge in [-0.05, 0) is 0 Å². The Morgan fingerprint density at radius 2 is 1.90 bits per heavy atom. The lowest BCUT2D eigenvalue weighted by atomic mass is 10.6. The van der Waals surface area contributed by atoms with Gasteiger partial charge in [-0.25, -0.2) is 9.23 Å². The number of hydroxylamine groups is 2. The molecule has 0 saturated carbocycles. The van der Waals surface area contributed by atoms with Gasteiger partial charge in [0.15, 0.2) is 0 Å². The molecule has 0 atom stereocenters. The topological polar surface area (TPSA) is 46.6 Å². The average Bonchev–Trinajstić information content (AvgIpc) is 2.20. The highest BCUT2D eigenvalue weighted by molar-refractivity contribution is 6.11. The van der Waals surface area contributed by atoms with Gasteiger partial charge in [0, 0.05) is 12.2 Å². The van der Waals surface area contributed by atoms with Crippen molar-refractivity contribution in [3.05, 3.63) is 12.2 Å². The van der Waals surface area contributed by atoms with E-state index in [4.69, 9.17) is 0 Å². The highest BCUT2D eigenvalue weighted by Gasteiger charge is 2.24. The lowest BCUT2D eigenvalue weighted by Gasteiger charge is -2.08. The fourth-order valence-electron chi connectivity index (χ4n) is 0.563. The van der Waals surface area contributed by atoms with Crippen molar-refractivity contribution >= 4 is 11.8 Å². The Morgan fingerprint density at radius 3 is 2.30 bits per heavy atom. The maximum atomic E-state index is 11.4. The standard InChI is InChI=1S/C5H4FNO3/c6-3-10-7-4(8)1-2-5(7)9/h1-2H,3H2. The summed E-state index contributed by atoms with van der Waals surface area (Å²) in [5.74, 6) is -1.30. The van der Waals surface area contributed by atoms with Gasteiger partial charge in [-0.2, -0.15) is 0 Å². The van der Waals surface area contributed by atoms with E-state index in [1.807, 2.05) is 0 Å². The van der Waals surface area contributed by atoms with Gasteiger partial charge in [-0.3, -0.25) is 9.59 Å². The molecule has 5 heteroatoms. The van der Waals surface area contributed by atoms with Crippen LogP contribution in [-0.2, 0) is 14.4 Å². The summed E-state index contributed by atoms with van der Waals surface area (Å²) in [6.07, 6.45) is 2.02. The second-order valence-corrected chi connectivity index (χ2v) is 1.54. The van der Waals surface area contributed by atoms with E-state index in [1.54, 1.807) is 0 Å². The van der Waals surface area contributed by atoms with Gasteiger partial charge >= 0.3 is 0 Å². The van der Waals surface area contributed by atoms with Gasteiger partial charge in [0.05, 0.1) is 0 Å². The first kappa shape index (κ1) is 6.88. The molecule has 0 saturated heterocycles. The zero-order valence-electron chi connectivity index (χ0n) is 4.91. The number of alkyl halides is 1. The van der Waals surface area contributed by atoms with Crippen LogP contribution in [0.2, 0.25) is 0 Å². The van der Waals surface area contributed by atoms with Crippen molar-refractivity contribution in [1.82, 2.24) is 5.06 Å². The smallest absolute Gasteiger partial charge is 0.267 e. The van der Waals surface area contributed by atoms with Crippen molar-refractivity contribution in [2.45, 2.75) is 0 Å². The summed E-state index contributed by atoms with van der Waals surface area (Å²) >= 11 is 0. The van der Waals surface area contributed by atoms with Gasteiger partial charge in [-0.15, -0.1) is 5.06 Å². The molecule has 0 aromatic heterocycles. The van der Waals surface area contributed by atoms with E-state index in [0.29, 0.717) is 5.06 Å². The minimum Gasteiger partial charge on any atom is -0.267 e. The molecule has 0 unspecified atom stereocenters. The van der Waals surface area contributed by atoms with Crippen molar-refractivity contribution in [3.63, 3.8) is 0 Å². The van der Waals surface area contributed by atoms with E-state index >= 15 is 0 Å². The number of imide groups is 1. The first-order valence-corrected chi connectivity index (χ1v) is 2.50. The first-order chi connectivity index (χ1) is 4.75. The molecule has 1 heterocycles. The van der Waals surface area contributed by atoms with Gasteiger partial charge < -0.3 is 0 Å². The molecule has 0 aromatic rings. The predicted molar refractivity (Wildman–Crippen MR) is 28.1 cm³/mol. The predicted octanol–water partition coefficient (Wildman–Crippen LogP) is -0.230. The quantitative estimate of drug-likeness (QED) is 0.504. The Hall–Kier alpha value is -1.23. The molecule has 1 rings (SSSR count). The molecule has 0 radical (unpaired) electrons. The van der Waals surface area contributed by atoms with Crippen LogP contribution in [0.15, 0.2) is 12.2 Å². The minimum atomic E-state index is -1.18. The van der Waals surface area contributed by atoms with Crippen molar-refractivity contribution in [1.29, 1.82) is 0 Å². The second kappa shape index (κ2) is 2.57. The molecule has 2 amide bonds. The molecule has 0 fully saturated rings. The molecule has 0 aliphatic carbocycles. The Kier molecular flexibility index (Phi) is 1.77. The van der Waals surface area contributed by atoms with E-state index in [2.05, 4.69) is 4.84 Å². The van der Waals surface area contributed by atoms with Crippen molar-refractivity contribution in [2.75, 3.05) is 6.86 Å². The molecule has 0 N–H and O–H groups in total. The SMILES string of the molecule is O=C1C=CC(=O)N1OCF. The summed E-state index contributed by atoms with van der Waals surface area (Å²) in [4.78, 5) is 25.0. The maximum Gasteiger partial charge on any atom is 0.278 e. The Morgan fingerprint density at radius 1 is 1.40 bits per heavy atom. The summed E-state index contributed by atoms with van der Waals surface area (Å²) < 4.78 is 11.4. The first-order valence-electron chi connectivity index (χ1n) is 2.50. The molecule has 1 aliphatic heterocycles. The van der Waals surface area contributed by atoms with Gasteiger partial charge in [0.25, 0.3) is 11.8 Å². The van der Waals surface area contributed by atoms with Gasteiger partial charge in [-0.1, -0.05) is 0 Å². The van der Waals surface area contributed by atoms with E-state index < -0.39 is 18.7 Å². The Labute approximate surface area is 55.8 Å². The van der Waals surface area contributed by atoms with Crippen LogP contribution in [0.25, 0.3) is 0 Å². The highest BCUT2D eigenvalue weighted by atomic mass is 19.1. The van der Waals surface area contributed by atoms with Crippen LogP contribution in [0, 0.1) is 0 Å². The molecule has 0 bridgehead atoms. The number of carbonyl (C=O) groups excluding carboxylic acids is 2. The van der Waals surface area contributed by atoms with E-state index in [9.17, 15) is 14.0 Å². The monoisotopic (exact) mass is 145 g/mol. The van der Waals surface area contributed by atoms with E-state index in [1.165, 1.54) is 0 Å². The van der Waals surface area contributed by atoms with Crippen LogP contribution in [0.1, 0.15) is 0 Å². The summed E-state index contributed by atoms with van der Waals surface area (Å²) in [7, 11) is 0. The molecule has 0 aromatic carbocycles. The van der Waals surface area contributed by atoms with Crippen LogP contribution in [0.5, 0.6) is 0 Å². The van der Waals surface area contributed by atoms with Crippen molar-refractivity contribution < 1.29 is 18.8 Å². The Balaban J connectivity index is 2.60. The molecular weight excluding hydrogens is 141 g/mol. The average molecular weight is 145 g/mol. The zero-order valence-corrected chi connectivity index (χ0v) is 4.91. The number of amides is 2. The lowest BCUT2D eigenvalue weighted by molar-refractivity contribution is -0.196. The molecular formula is C5H4FNO3. The normalized spacial score (nSPS) is 17.1. The summed E-state index contributed by atoms with van der Waals surface area (Å²) in [5, 5.41) is 0.361. The maximum absolute atomic E-state index is 11.4. The number of rotatable bonds is 2. The second-order valence-electron chi connectivity index (χ2n) is 1.54. The van der Waals surface area contributed by atoms with Crippen LogP contribution in [0.3, 0.4) is 0 Å². The third-order valence-corrected chi connectivity index (χ3v) is 0.947. The zero-order chi connectivity index (χ0) is 7.56. The molecule has 1 aliphatic rings. The van der Waals surface area contributed by atoms with Crippen LogP contribution in [-0.4, -0.2) is 23.7 Å². The van der Waals surface area contributed by atoms with Crippen LogP contribution in [0.4, 0.5) is 4.39 Å². The fourth-order valence-corrected chi connectivity index (χ4v) is 0.563. The lowest BCUT2D eigenvalue weighted by Crippen LogP contribution is -2.29. The number of hydrogen-bond acceptors (Lipinski definition) is 3. The number of nitrogens with zero attached hydrogens (tertiary/aromatic N) is 1. The minimum absolute atomic E-state index is 0.361. The largest absolute Gasteiger partial charge is 0.278 e. The van der Waals surface area contributed by atoms with Crippen LogP contribution >= 0.6 is 0 Å². The number of halogens is 1. The molecule has 4 nitrogen and oxygen atoms in total. The highest BCUT2D eigenvalue weighted by Crippen LogP contribution is 2.03. The summed E-state index contributed by atoms with van der Waals surface area (Å²) in [6, 6.07) is 0.